The van der Waals surface area contributed by atoms with Crippen LogP contribution < -0.4 is 4.74 Å². The lowest BCUT2D eigenvalue weighted by atomic mass is 10.0. The maximum atomic E-state index is 11.9. The second-order valence-electron chi connectivity index (χ2n) is 17.1. The molecule has 0 unspecified atom stereocenters. The van der Waals surface area contributed by atoms with Crippen LogP contribution in [0.1, 0.15) is 161 Å². The number of benzene rings is 1. The Kier molecular flexibility index (Phi) is 51.8. The quantitative estimate of drug-likeness (QED) is 0.0454. The van der Waals surface area contributed by atoms with E-state index in [1.807, 2.05) is 0 Å². The molecular formula is C54H100O13. The standard InChI is InChI=1S/C54H100O13/c1-3-5-7-9-11-12-13-14-15-16-17-18-19-21-23-25-54(55)67-51-49-65-47-45-63-43-41-61-39-37-59-35-33-57-31-30-56-32-34-58-36-38-60-40-42-62-44-46-64-48-50-66-53-28-26-52(27-29-53)24-22-20-10-8-6-4-2/h26-29H,3-25,30-51H2,1-2H3. The minimum absolute atomic E-state index is 0.130. The van der Waals surface area contributed by atoms with Crippen molar-refractivity contribution in [2.45, 2.75) is 162 Å². The normalized spacial score (nSPS) is 11.5. The van der Waals surface area contributed by atoms with Gasteiger partial charge >= 0.3 is 5.97 Å². The lowest BCUT2D eigenvalue weighted by Gasteiger charge is -2.09. The average molecular weight is 957 g/mol. The first-order chi connectivity index (χ1) is 33.3. The summed E-state index contributed by atoms with van der Waals surface area (Å²) in [5.74, 6) is 0.754. The van der Waals surface area contributed by atoms with Crippen molar-refractivity contribution in [1.29, 1.82) is 0 Å². The van der Waals surface area contributed by atoms with Crippen LogP contribution in [0.15, 0.2) is 24.3 Å². The molecule has 0 spiro atoms. The van der Waals surface area contributed by atoms with Gasteiger partial charge in [0.15, 0.2) is 0 Å². The van der Waals surface area contributed by atoms with Crippen LogP contribution in [-0.2, 0) is 63.3 Å². The molecule has 0 atom stereocenters. The van der Waals surface area contributed by atoms with E-state index in [2.05, 4.69) is 38.1 Å². The predicted octanol–water partition coefficient (Wildman–Crippen LogP) is 10.9. The summed E-state index contributed by atoms with van der Waals surface area (Å²) in [6, 6.07) is 8.44. The molecule has 0 fully saturated rings. The Morgan fingerprint density at radius 1 is 0.313 bits per heavy atom. The molecule has 0 N–H and O–H groups in total. The van der Waals surface area contributed by atoms with Gasteiger partial charge in [-0.25, -0.2) is 0 Å². The second-order valence-corrected chi connectivity index (χ2v) is 17.1. The number of esters is 1. The molecule has 0 aliphatic carbocycles. The first-order valence-electron chi connectivity index (χ1n) is 26.9. The lowest BCUT2D eigenvalue weighted by molar-refractivity contribution is -0.145. The largest absolute Gasteiger partial charge is 0.491 e. The Hall–Kier alpha value is -1.91. The van der Waals surface area contributed by atoms with Crippen molar-refractivity contribution in [1.82, 2.24) is 0 Å². The third kappa shape index (κ3) is 50.3. The number of hydrogen-bond donors (Lipinski definition) is 0. The van der Waals surface area contributed by atoms with Gasteiger partial charge in [0.2, 0.25) is 0 Å². The van der Waals surface area contributed by atoms with Gasteiger partial charge < -0.3 is 56.8 Å². The SMILES string of the molecule is CCCCCCCCCCCCCCCCCC(=O)OCCOCCOCCOCCOCCOCCOCCOCCOCCOCCOCCOc1ccc(CCCCCCCC)cc1. The van der Waals surface area contributed by atoms with E-state index >= 15 is 0 Å². The molecule has 13 nitrogen and oxygen atoms in total. The Bertz CT molecular complexity index is 1100. The summed E-state index contributed by atoms with van der Waals surface area (Å²) in [5, 5.41) is 0. The molecule has 67 heavy (non-hydrogen) atoms. The zero-order valence-corrected chi connectivity index (χ0v) is 42.9. The van der Waals surface area contributed by atoms with E-state index in [0.717, 1.165) is 25.0 Å². The minimum Gasteiger partial charge on any atom is -0.491 e. The Labute approximate surface area is 408 Å². The molecule has 0 amide bonds. The molecule has 394 valence electrons. The molecule has 0 aliphatic rings. The Morgan fingerprint density at radius 3 is 0.910 bits per heavy atom. The van der Waals surface area contributed by atoms with E-state index in [-0.39, 0.29) is 12.6 Å². The van der Waals surface area contributed by atoms with Crippen LogP contribution in [0.3, 0.4) is 0 Å². The number of hydrogen-bond acceptors (Lipinski definition) is 13. The number of unbranched alkanes of at least 4 members (excludes halogenated alkanes) is 19. The molecule has 0 saturated heterocycles. The van der Waals surface area contributed by atoms with Gasteiger partial charge in [0.25, 0.3) is 0 Å². The first kappa shape index (κ1) is 63.1. The zero-order valence-electron chi connectivity index (χ0n) is 42.9. The monoisotopic (exact) mass is 957 g/mol. The zero-order chi connectivity index (χ0) is 47.9. The molecule has 0 bridgehead atoms. The minimum atomic E-state index is -0.130. The molecule has 0 aliphatic heterocycles. The van der Waals surface area contributed by atoms with Crippen molar-refractivity contribution in [2.75, 3.05) is 145 Å². The topological polar surface area (TPSA) is 128 Å². The third-order valence-electron chi connectivity index (χ3n) is 11.1. The van der Waals surface area contributed by atoms with Crippen LogP contribution in [0.25, 0.3) is 0 Å². The van der Waals surface area contributed by atoms with Crippen molar-refractivity contribution in [3.8, 4) is 5.75 Å². The van der Waals surface area contributed by atoms with Gasteiger partial charge in [0, 0.05) is 6.42 Å². The van der Waals surface area contributed by atoms with Gasteiger partial charge in [-0.05, 0) is 37.0 Å². The fraction of sp³-hybridized carbons (Fsp3) is 0.870. The van der Waals surface area contributed by atoms with Crippen LogP contribution in [0.5, 0.6) is 5.75 Å². The summed E-state index contributed by atoms with van der Waals surface area (Å²) in [6.07, 6.45) is 29.3. The van der Waals surface area contributed by atoms with Crippen LogP contribution >= 0.6 is 0 Å². The molecule has 0 aromatic heterocycles. The molecule has 1 rings (SSSR count). The van der Waals surface area contributed by atoms with Crippen LogP contribution in [0.4, 0.5) is 0 Å². The third-order valence-corrected chi connectivity index (χ3v) is 11.1. The highest BCUT2D eigenvalue weighted by Crippen LogP contribution is 2.16. The number of carbonyl (C=O) groups is 1. The molecule has 1 aromatic carbocycles. The smallest absolute Gasteiger partial charge is 0.305 e. The van der Waals surface area contributed by atoms with Gasteiger partial charge in [-0.3, -0.25) is 4.79 Å². The summed E-state index contributed by atoms with van der Waals surface area (Å²) >= 11 is 0. The van der Waals surface area contributed by atoms with Crippen molar-refractivity contribution in [2.24, 2.45) is 0 Å². The van der Waals surface area contributed by atoms with Crippen LogP contribution in [0, 0.1) is 0 Å². The number of carbonyl (C=O) groups excluding carboxylic acids is 1. The molecule has 0 heterocycles. The van der Waals surface area contributed by atoms with E-state index in [1.165, 1.54) is 128 Å². The highest BCUT2D eigenvalue weighted by Gasteiger charge is 2.04. The molecular weight excluding hydrogens is 857 g/mol. The van der Waals surface area contributed by atoms with Gasteiger partial charge in [-0.2, -0.15) is 0 Å². The molecule has 0 radical (unpaired) electrons. The molecule has 0 saturated carbocycles. The van der Waals surface area contributed by atoms with E-state index in [1.54, 1.807) is 0 Å². The number of ether oxygens (including phenoxy) is 12. The maximum absolute atomic E-state index is 11.9. The van der Waals surface area contributed by atoms with Gasteiger partial charge in [-0.1, -0.05) is 148 Å². The van der Waals surface area contributed by atoms with Crippen LogP contribution in [-0.4, -0.2) is 151 Å². The van der Waals surface area contributed by atoms with Gasteiger partial charge in [0.05, 0.1) is 132 Å². The second kappa shape index (κ2) is 55.0. The number of rotatable bonds is 57. The van der Waals surface area contributed by atoms with Crippen molar-refractivity contribution in [3.05, 3.63) is 29.8 Å². The summed E-state index contributed by atoms with van der Waals surface area (Å²) in [5.41, 5.74) is 1.38. The Morgan fingerprint density at radius 2 is 0.582 bits per heavy atom. The van der Waals surface area contributed by atoms with Crippen molar-refractivity contribution < 1.29 is 61.6 Å². The Balaban J connectivity index is 1.66. The summed E-state index contributed by atoms with van der Waals surface area (Å²) in [7, 11) is 0. The molecule has 13 heteroatoms. The van der Waals surface area contributed by atoms with Crippen molar-refractivity contribution >= 4 is 5.97 Å². The van der Waals surface area contributed by atoms with Gasteiger partial charge in [-0.15, -0.1) is 0 Å². The maximum Gasteiger partial charge on any atom is 0.305 e. The summed E-state index contributed by atoms with van der Waals surface area (Å²) < 4.78 is 66.5. The van der Waals surface area contributed by atoms with Gasteiger partial charge in [0.1, 0.15) is 19.0 Å². The highest BCUT2D eigenvalue weighted by atomic mass is 16.6. The highest BCUT2D eigenvalue weighted by molar-refractivity contribution is 5.69. The summed E-state index contributed by atoms with van der Waals surface area (Å²) in [4.78, 5) is 11.9. The fourth-order valence-corrected chi connectivity index (χ4v) is 7.09. The fourth-order valence-electron chi connectivity index (χ4n) is 7.09. The van der Waals surface area contributed by atoms with E-state index in [0.29, 0.717) is 145 Å². The van der Waals surface area contributed by atoms with Crippen molar-refractivity contribution in [3.63, 3.8) is 0 Å². The van der Waals surface area contributed by atoms with E-state index in [4.69, 9.17) is 56.8 Å². The first-order valence-corrected chi connectivity index (χ1v) is 26.9. The van der Waals surface area contributed by atoms with E-state index in [9.17, 15) is 4.79 Å². The summed E-state index contributed by atoms with van der Waals surface area (Å²) in [6.45, 7) is 15.3. The molecule has 1 aromatic rings. The number of aryl methyl sites for hydroxylation is 1. The van der Waals surface area contributed by atoms with E-state index < -0.39 is 0 Å². The van der Waals surface area contributed by atoms with Crippen LogP contribution in [0.2, 0.25) is 0 Å². The average Bonchev–Trinajstić information content (AvgIpc) is 3.34. The predicted molar refractivity (Wildman–Crippen MR) is 268 cm³/mol. The lowest BCUT2D eigenvalue weighted by Crippen LogP contribution is -2.15.